The summed E-state index contributed by atoms with van der Waals surface area (Å²) in [6.45, 7) is 3.41. The molecule has 0 unspecified atom stereocenters. The molecule has 1 nitrogen and oxygen atoms in total. The van der Waals surface area contributed by atoms with Crippen molar-refractivity contribution in [1.29, 1.82) is 0 Å². The van der Waals surface area contributed by atoms with Crippen molar-refractivity contribution < 1.29 is 13.5 Å². The van der Waals surface area contributed by atoms with Gasteiger partial charge in [0, 0.05) is 18.2 Å². The van der Waals surface area contributed by atoms with E-state index < -0.39 is 11.6 Å². The Balaban J connectivity index is 1.93. The van der Waals surface area contributed by atoms with Crippen LogP contribution in [0.15, 0.2) is 66.7 Å². The molecule has 128 valence electrons. The van der Waals surface area contributed by atoms with Crippen LogP contribution in [0.2, 0.25) is 0 Å². The first-order valence-electron chi connectivity index (χ1n) is 8.40. The van der Waals surface area contributed by atoms with Gasteiger partial charge in [-0.25, -0.2) is 8.78 Å². The van der Waals surface area contributed by atoms with Crippen molar-refractivity contribution in [2.45, 2.75) is 20.0 Å². The highest BCUT2D eigenvalue weighted by molar-refractivity contribution is 5.83. The highest BCUT2D eigenvalue weighted by Gasteiger charge is 2.11. The highest BCUT2D eigenvalue weighted by Crippen LogP contribution is 2.33. The Morgan fingerprint density at radius 3 is 2.20 bits per heavy atom. The van der Waals surface area contributed by atoms with Gasteiger partial charge in [0.05, 0.1) is 6.61 Å². The second-order valence-electron chi connectivity index (χ2n) is 5.92. The second-order valence-corrected chi connectivity index (χ2v) is 5.92. The van der Waals surface area contributed by atoms with Gasteiger partial charge in [0.25, 0.3) is 0 Å². The maximum absolute atomic E-state index is 14.2. The minimum atomic E-state index is -0.574. The van der Waals surface area contributed by atoms with Gasteiger partial charge in [-0.1, -0.05) is 55.5 Å². The Hall–Kier alpha value is -2.52. The molecule has 0 saturated carbocycles. The first-order chi connectivity index (χ1) is 12.2. The number of hydrogen-bond donors (Lipinski definition) is 0. The van der Waals surface area contributed by atoms with Crippen LogP contribution in [0.3, 0.4) is 0 Å². The summed E-state index contributed by atoms with van der Waals surface area (Å²) < 4.78 is 33.0. The maximum atomic E-state index is 14.2. The van der Waals surface area contributed by atoms with Crippen molar-refractivity contribution >= 4 is 0 Å². The topological polar surface area (TPSA) is 9.23 Å². The molecule has 0 fully saturated rings. The van der Waals surface area contributed by atoms with Gasteiger partial charge in [0.1, 0.15) is 11.6 Å². The predicted octanol–water partition coefficient (Wildman–Crippen LogP) is 6.23. The van der Waals surface area contributed by atoms with Gasteiger partial charge in [-0.15, -0.1) is 0 Å². The van der Waals surface area contributed by atoms with Crippen LogP contribution in [0.25, 0.3) is 22.3 Å². The van der Waals surface area contributed by atoms with E-state index in [2.05, 4.69) is 6.92 Å². The van der Waals surface area contributed by atoms with Gasteiger partial charge < -0.3 is 4.74 Å². The van der Waals surface area contributed by atoms with Crippen LogP contribution in [0.4, 0.5) is 8.78 Å². The molecule has 0 spiro atoms. The van der Waals surface area contributed by atoms with Crippen molar-refractivity contribution in [3.8, 4) is 22.3 Å². The van der Waals surface area contributed by atoms with Gasteiger partial charge in [-0.05, 0) is 40.8 Å². The molecule has 0 radical (unpaired) electrons. The maximum Gasteiger partial charge on any atom is 0.133 e. The third-order valence-corrected chi connectivity index (χ3v) is 4.03. The van der Waals surface area contributed by atoms with Crippen LogP contribution in [0, 0.1) is 11.6 Å². The van der Waals surface area contributed by atoms with Crippen molar-refractivity contribution in [2.24, 2.45) is 0 Å². The van der Waals surface area contributed by atoms with Gasteiger partial charge in [-0.3, -0.25) is 0 Å². The van der Waals surface area contributed by atoms with Crippen LogP contribution in [-0.4, -0.2) is 6.61 Å². The van der Waals surface area contributed by atoms with E-state index in [1.54, 1.807) is 0 Å². The third kappa shape index (κ3) is 4.12. The fraction of sp³-hybridized carbons (Fsp3) is 0.182. The Kier molecular flexibility index (Phi) is 5.56. The molecular weight excluding hydrogens is 318 g/mol. The van der Waals surface area contributed by atoms with E-state index in [1.807, 2.05) is 48.5 Å². The van der Waals surface area contributed by atoms with Crippen molar-refractivity contribution in [2.75, 3.05) is 6.61 Å². The lowest BCUT2D eigenvalue weighted by Gasteiger charge is -2.12. The summed E-state index contributed by atoms with van der Waals surface area (Å²) in [7, 11) is 0. The van der Waals surface area contributed by atoms with Crippen LogP contribution >= 0.6 is 0 Å². The summed E-state index contributed by atoms with van der Waals surface area (Å²) in [6.07, 6.45) is 0.995. The van der Waals surface area contributed by atoms with Crippen molar-refractivity contribution in [1.82, 2.24) is 0 Å². The molecule has 0 N–H and O–H groups in total. The summed E-state index contributed by atoms with van der Waals surface area (Å²) in [5.74, 6) is -1.13. The molecule has 3 aromatic carbocycles. The fourth-order valence-corrected chi connectivity index (χ4v) is 2.79. The van der Waals surface area contributed by atoms with Gasteiger partial charge in [0.2, 0.25) is 0 Å². The molecule has 0 aromatic heterocycles. The fourth-order valence-electron chi connectivity index (χ4n) is 2.79. The Bertz CT molecular complexity index is 841. The molecule has 0 atom stereocenters. The third-order valence-electron chi connectivity index (χ3n) is 4.03. The van der Waals surface area contributed by atoms with E-state index in [4.69, 9.17) is 4.74 Å². The smallest absolute Gasteiger partial charge is 0.133 e. The average Bonchev–Trinajstić information content (AvgIpc) is 2.63. The molecule has 0 aliphatic carbocycles. The molecule has 0 saturated heterocycles. The van der Waals surface area contributed by atoms with E-state index in [0.717, 1.165) is 41.3 Å². The quantitative estimate of drug-likeness (QED) is 0.484. The van der Waals surface area contributed by atoms with E-state index in [0.29, 0.717) is 12.2 Å². The molecule has 3 rings (SSSR count). The van der Waals surface area contributed by atoms with E-state index in [9.17, 15) is 8.78 Å². The SMILES string of the molecule is CCCOCc1ccc(-c2ccccc2-c2ccc(F)cc2F)cc1. The standard InChI is InChI=1S/C22H20F2O/c1-2-13-25-15-16-7-9-17(10-8-16)19-5-3-4-6-20(19)21-12-11-18(23)14-22(21)24/h3-12,14H,2,13,15H2,1H3. The molecule has 3 heteroatoms. The number of halogens is 2. The summed E-state index contributed by atoms with van der Waals surface area (Å²) >= 11 is 0. The number of hydrogen-bond acceptors (Lipinski definition) is 1. The molecule has 0 bridgehead atoms. The number of ether oxygens (including phenoxy) is 1. The molecule has 0 heterocycles. The molecule has 25 heavy (non-hydrogen) atoms. The van der Waals surface area contributed by atoms with Crippen LogP contribution in [0.5, 0.6) is 0 Å². The zero-order valence-corrected chi connectivity index (χ0v) is 14.1. The average molecular weight is 338 g/mol. The van der Waals surface area contributed by atoms with E-state index >= 15 is 0 Å². The zero-order valence-electron chi connectivity index (χ0n) is 14.1. The second kappa shape index (κ2) is 8.04. The van der Waals surface area contributed by atoms with Crippen LogP contribution < -0.4 is 0 Å². The van der Waals surface area contributed by atoms with Gasteiger partial charge >= 0.3 is 0 Å². The lowest BCUT2D eigenvalue weighted by molar-refractivity contribution is 0.121. The first kappa shape index (κ1) is 17.3. The molecular formula is C22H20F2O. The Labute approximate surface area is 146 Å². The Morgan fingerprint density at radius 2 is 1.52 bits per heavy atom. The minimum absolute atomic E-state index is 0.396. The molecule has 0 aliphatic heterocycles. The first-order valence-corrected chi connectivity index (χ1v) is 8.40. The van der Waals surface area contributed by atoms with Crippen LogP contribution in [-0.2, 0) is 11.3 Å². The zero-order chi connectivity index (χ0) is 17.6. The van der Waals surface area contributed by atoms with E-state index in [-0.39, 0.29) is 0 Å². The number of rotatable bonds is 6. The van der Waals surface area contributed by atoms with Gasteiger partial charge in [0.15, 0.2) is 0 Å². The van der Waals surface area contributed by atoms with Crippen LogP contribution in [0.1, 0.15) is 18.9 Å². The molecule has 0 amide bonds. The largest absolute Gasteiger partial charge is 0.377 e. The molecule has 0 aliphatic rings. The van der Waals surface area contributed by atoms with Gasteiger partial charge in [-0.2, -0.15) is 0 Å². The summed E-state index contributed by atoms with van der Waals surface area (Å²) in [5, 5.41) is 0. The normalized spacial score (nSPS) is 10.8. The summed E-state index contributed by atoms with van der Waals surface area (Å²) in [4.78, 5) is 0. The molecule has 3 aromatic rings. The predicted molar refractivity (Wildman–Crippen MR) is 97.2 cm³/mol. The minimum Gasteiger partial charge on any atom is -0.377 e. The Morgan fingerprint density at radius 1 is 0.800 bits per heavy atom. The monoisotopic (exact) mass is 338 g/mol. The van der Waals surface area contributed by atoms with E-state index in [1.165, 1.54) is 12.1 Å². The summed E-state index contributed by atoms with van der Waals surface area (Å²) in [5.41, 5.74) is 4.14. The number of benzene rings is 3. The van der Waals surface area contributed by atoms with Crippen molar-refractivity contribution in [3.63, 3.8) is 0 Å². The lowest BCUT2D eigenvalue weighted by Crippen LogP contribution is -1.94. The summed E-state index contributed by atoms with van der Waals surface area (Å²) in [6, 6.07) is 19.3. The highest BCUT2D eigenvalue weighted by atomic mass is 19.1. The lowest BCUT2D eigenvalue weighted by atomic mass is 9.94. The van der Waals surface area contributed by atoms with Crippen molar-refractivity contribution in [3.05, 3.63) is 83.9 Å².